The van der Waals surface area contributed by atoms with Gasteiger partial charge in [-0.1, -0.05) is 24.3 Å². The predicted octanol–water partition coefficient (Wildman–Crippen LogP) is 2.34. The van der Waals surface area contributed by atoms with Crippen LogP contribution in [0.2, 0.25) is 0 Å². The molecule has 0 unspecified atom stereocenters. The summed E-state index contributed by atoms with van der Waals surface area (Å²) in [6.07, 6.45) is 0.735. The highest BCUT2D eigenvalue weighted by molar-refractivity contribution is 5.85. The van der Waals surface area contributed by atoms with Crippen molar-refractivity contribution in [1.82, 2.24) is 10.6 Å². The molecule has 5 heteroatoms. The van der Waals surface area contributed by atoms with Gasteiger partial charge >= 0.3 is 0 Å². The number of rotatable bonds is 3. The van der Waals surface area contributed by atoms with E-state index in [1.54, 1.807) is 0 Å². The maximum Gasteiger partial charge on any atom is 0.237 e. The second-order valence-electron chi connectivity index (χ2n) is 5.14. The summed E-state index contributed by atoms with van der Waals surface area (Å²) in [7, 11) is 0. The lowest BCUT2D eigenvalue weighted by atomic mass is 9.95. The van der Waals surface area contributed by atoms with Crippen LogP contribution < -0.4 is 10.6 Å². The average Bonchev–Trinajstić information content (AvgIpc) is 2.90. The average molecular weight is 307 g/mol. The van der Waals surface area contributed by atoms with Crippen LogP contribution in [0.15, 0.2) is 40.8 Å². The second kappa shape index (κ2) is 6.78. The lowest BCUT2D eigenvalue weighted by molar-refractivity contribution is -0.123. The van der Waals surface area contributed by atoms with Crippen LogP contribution in [0.4, 0.5) is 0 Å². The molecule has 21 heavy (non-hydrogen) atoms. The zero-order valence-electron chi connectivity index (χ0n) is 11.9. The fourth-order valence-corrected chi connectivity index (χ4v) is 2.52. The van der Waals surface area contributed by atoms with E-state index in [-0.39, 0.29) is 24.4 Å². The maximum absolute atomic E-state index is 12.2. The summed E-state index contributed by atoms with van der Waals surface area (Å²) in [5.74, 6) is 1.67. The zero-order chi connectivity index (χ0) is 13.9. The Morgan fingerprint density at radius 2 is 2.05 bits per heavy atom. The summed E-state index contributed by atoms with van der Waals surface area (Å²) in [6.45, 7) is 3.07. The third kappa shape index (κ3) is 3.65. The number of benzene rings is 1. The highest BCUT2D eigenvalue weighted by Gasteiger charge is 2.23. The van der Waals surface area contributed by atoms with E-state index < -0.39 is 0 Å². The molecule has 2 N–H and O–H groups in total. The Bertz CT molecular complexity index is 624. The molecule has 4 nitrogen and oxygen atoms in total. The van der Waals surface area contributed by atoms with Gasteiger partial charge in [-0.05, 0) is 36.6 Å². The molecule has 0 saturated carbocycles. The Hall–Kier alpha value is -1.78. The number of halogens is 1. The number of fused-ring (bicyclic) bond motifs is 1. The molecule has 1 amide bonds. The molecule has 0 saturated heterocycles. The van der Waals surface area contributed by atoms with E-state index in [9.17, 15) is 4.79 Å². The Morgan fingerprint density at radius 3 is 2.76 bits per heavy atom. The van der Waals surface area contributed by atoms with Gasteiger partial charge < -0.3 is 15.1 Å². The number of furan rings is 1. The van der Waals surface area contributed by atoms with Crippen molar-refractivity contribution in [3.63, 3.8) is 0 Å². The molecule has 2 heterocycles. The number of hydrogen-bond donors (Lipinski definition) is 2. The van der Waals surface area contributed by atoms with Gasteiger partial charge in [0, 0.05) is 6.54 Å². The van der Waals surface area contributed by atoms with Gasteiger partial charge in [0.05, 0.1) is 12.6 Å². The summed E-state index contributed by atoms with van der Waals surface area (Å²) in [4.78, 5) is 12.2. The molecule has 1 aliphatic rings. The minimum Gasteiger partial charge on any atom is -0.465 e. The van der Waals surface area contributed by atoms with Crippen molar-refractivity contribution < 1.29 is 9.21 Å². The van der Waals surface area contributed by atoms with Crippen LogP contribution >= 0.6 is 12.4 Å². The Morgan fingerprint density at radius 1 is 1.29 bits per heavy atom. The molecule has 3 rings (SSSR count). The zero-order valence-corrected chi connectivity index (χ0v) is 12.7. The van der Waals surface area contributed by atoms with Crippen molar-refractivity contribution in [2.24, 2.45) is 0 Å². The standard InChI is InChI=1S/C16H18N2O2.ClH/c1-11-6-7-14(20-11)10-18-16(19)15-8-12-4-2-3-5-13(12)9-17-15;/h2-7,15,17H,8-10H2,1H3,(H,18,19);1H/t15-;/m1./s1. The molecule has 2 aromatic rings. The quantitative estimate of drug-likeness (QED) is 0.915. The Labute approximate surface area is 130 Å². The van der Waals surface area contributed by atoms with Crippen LogP contribution in [0.3, 0.4) is 0 Å². The lowest BCUT2D eigenvalue weighted by Crippen LogP contribution is -2.47. The first-order valence-corrected chi connectivity index (χ1v) is 6.85. The summed E-state index contributed by atoms with van der Waals surface area (Å²) < 4.78 is 5.44. The van der Waals surface area contributed by atoms with Gasteiger partial charge in [0.1, 0.15) is 11.5 Å². The van der Waals surface area contributed by atoms with Gasteiger partial charge in [0.25, 0.3) is 0 Å². The van der Waals surface area contributed by atoms with Gasteiger partial charge in [-0.3, -0.25) is 4.79 Å². The first-order chi connectivity index (χ1) is 9.72. The first kappa shape index (κ1) is 15.6. The summed E-state index contributed by atoms with van der Waals surface area (Å²) in [6, 6.07) is 11.9. The third-order valence-electron chi connectivity index (χ3n) is 3.63. The van der Waals surface area contributed by atoms with E-state index in [0.29, 0.717) is 6.54 Å². The van der Waals surface area contributed by atoms with E-state index in [1.807, 2.05) is 31.2 Å². The van der Waals surface area contributed by atoms with Crippen LogP contribution in [0.25, 0.3) is 0 Å². The summed E-state index contributed by atoms with van der Waals surface area (Å²) in [5.41, 5.74) is 2.53. The molecule has 112 valence electrons. The van der Waals surface area contributed by atoms with Crippen molar-refractivity contribution in [1.29, 1.82) is 0 Å². The van der Waals surface area contributed by atoms with E-state index >= 15 is 0 Å². The van der Waals surface area contributed by atoms with Gasteiger partial charge in [-0.25, -0.2) is 0 Å². The van der Waals surface area contributed by atoms with Gasteiger partial charge in [-0.2, -0.15) is 0 Å². The predicted molar refractivity (Wildman–Crippen MR) is 83.3 cm³/mol. The summed E-state index contributed by atoms with van der Waals surface area (Å²) >= 11 is 0. The van der Waals surface area contributed by atoms with Gasteiger partial charge in [-0.15, -0.1) is 12.4 Å². The fourth-order valence-electron chi connectivity index (χ4n) is 2.52. The smallest absolute Gasteiger partial charge is 0.237 e. The van der Waals surface area contributed by atoms with Crippen LogP contribution in [0.5, 0.6) is 0 Å². The molecule has 0 spiro atoms. The Balaban J connectivity index is 0.00000161. The molecular weight excluding hydrogens is 288 g/mol. The Kier molecular flexibility index (Phi) is 5.04. The second-order valence-corrected chi connectivity index (χ2v) is 5.14. The fraction of sp³-hybridized carbons (Fsp3) is 0.312. The minimum absolute atomic E-state index is 0. The first-order valence-electron chi connectivity index (χ1n) is 6.85. The molecule has 0 aliphatic carbocycles. The minimum atomic E-state index is -0.166. The highest BCUT2D eigenvalue weighted by Crippen LogP contribution is 2.16. The highest BCUT2D eigenvalue weighted by atomic mass is 35.5. The van der Waals surface area contributed by atoms with E-state index in [2.05, 4.69) is 22.8 Å². The maximum atomic E-state index is 12.2. The van der Waals surface area contributed by atoms with Gasteiger partial charge in [0.2, 0.25) is 5.91 Å². The van der Waals surface area contributed by atoms with E-state index in [4.69, 9.17) is 4.42 Å². The molecule has 0 bridgehead atoms. The van der Waals surface area contributed by atoms with Crippen molar-refractivity contribution in [2.45, 2.75) is 32.5 Å². The topological polar surface area (TPSA) is 54.3 Å². The number of hydrogen-bond acceptors (Lipinski definition) is 3. The molecule has 0 radical (unpaired) electrons. The van der Waals surface area contributed by atoms with Crippen molar-refractivity contribution in [3.05, 3.63) is 59.0 Å². The van der Waals surface area contributed by atoms with Crippen molar-refractivity contribution >= 4 is 18.3 Å². The van der Waals surface area contributed by atoms with E-state index in [0.717, 1.165) is 24.5 Å². The van der Waals surface area contributed by atoms with Crippen molar-refractivity contribution in [3.8, 4) is 0 Å². The molecule has 1 atom stereocenters. The number of amides is 1. The summed E-state index contributed by atoms with van der Waals surface area (Å²) in [5, 5.41) is 6.19. The molecule has 1 aromatic heterocycles. The number of nitrogens with one attached hydrogen (secondary N) is 2. The van der Waals surface area contributed by atoms with Crippen LogP contribution in [0, 0.1) is 6.92 Å². The van der Waals surface area contributed by atoms with Crippen LogP contribution in [-0.2, 0) is 24.3 Å². The van der Waals surface area contributed by atoms with Gasteiger partial charge in [0.15, 0.2) is 0 Å². The number of aryl methyl sites for hydroxylation is 1. The molecule has 1 aromatic carbocycles. The molecule has 1 aliphatic heterocycles. The SMILES string of the molecule is Cc1ccc(CNC(=O)[C@H]2Cc3ccccc3CN2)o1.Cl. The van der Waals surface area contributed by atoms with Crippen LogP contribution in [0.1, 0.15) is 22.6 Å². The van der Waals surface area contributed by atoms with E-state index in [1.165, 1.54) is 11.1 Å². The normalized spacial score (nSPS) is 16.7. The number of carbonyl (C=O) groups is 1. The largest absolute Gasteiger partial charge is 0.465 e. The molecule has 0 fully saturated rings. The van der Waals surface area contributed by atoms with Crippen molar-refractivity contribution in [2.75, 3.05) is 0 Å². The van der Waals surface area contributed by atoms with Crippen LogP contribution in [-0.4, -0.2) is 11.9 Å². The number of carbonyl (C=O) groups excluding carboxylic acids is 1. The third-order valence-corrected chi connectivity index (χ3v) is 3.63. The molecular formula is C16H19ClN2O2. The lowest BCUT2D eigenvalue weighted by Gasteiger charge is -2.25. The monoisotopic (exact) mass is 306 g/mol.